The van der Waals surface area contributed by atoms with Crippen LogP contribution in [0.15, 0.2) is 24.3 Å². The number of hydrogen-bond acceptors (Lipinski definition) is 2. The molecule has 0 aromatic heterocycles. The Morgan fingerprint density at radius 1 is 1.29 bits per heavy atom. The van der Waals surface area contributed by atoms with Gasteiger partial charge in [-0.3, -0.25) is 9.59 Å². The van der Waals surface area contributed by atoms with Gasteiger partial charge in [0.2, 0.25) is 5.91 Å². The Morgan fingerprint density at radius 3 is 2.67 bits per heavy atom. The number of fused-ring (bicyclic) bond motifs is 1. The summed E-state index contributed by atoms with van der Waals surface area (Å²) < 4.78 is 0. The van der Waals surface area contributed by atoms with Gasteiger partial charge in [-0.1, -0.05) is 38.1 Å². The molecule has 0 saturated heterocycles. The van der Waals surface area contributed by atoms with Crippen molar-refractivity contribution in [3.63, 3.8) is 0 Å². The summed E-state index contributed by atoms with van der Waals surface area (Å²) in [5.41, 5.74) is 2.34. The molecule has 1 aromatic carbocycles. The average molecular weight is 289 g/mol. The van der Waals surface area contributed by atoms with Crippen LogP contribution in [0.2, 0.25) is 0 Å². The van der Waals surface area contributed by atoms with Crippen LogP contribution in [0.1, 0.15) is 50.2 Å². The zero-order chi connectivity index (χ0) is 15.5. The standard InChI is InChI=1S/C17H23NO3/c1-17(2,8-7-15(19)20)9-10-18-16(21)14-11-12-5-3-4-6-13(12)14/h3-6,14H,7-11H2,1-2H3,(H,18,21)(H,19,20). The van der Waals surface area contributed by atoms with E-state index in [4.69, 9.17) is 5.11 Å². The number of benzene rings is 1. The van der Waals surface area contributed by atoms with Gasteiger partial charge in [0, 0.05) is 13.0 Å². The van der Waals surface area contributed by atoms with E-state index in [2.05, 4.69) is 11.4 Å². The van der Waals surface area contributed by atoms with Crippen LogP contribution in [0, 0.1) is 5.41 Å². The summed E-state index contributed by atoms with van der Waals surface area (Å²) in [6, 6.07) is 8.04. The molecule has 0 spiro atoms. The van der Waals surface area contributed by atoms with E-state index >= 15 is 0 Å². The molecule has 1 amide bonds. The fourth-order valence-corrected chi connectivity index (χ4v) is 2.71. The fourth-order valence-electron chi connectivity index (χ4n) is 2.71. The van der Waals surface area contributed by atoms with Crippen molar-refractivity contribution in [1.82, 2.24) is 5.32 Å². The maximum atomic E-state index is 12.1. The van der Waals surface area contributed by atoms with Crippen LogP contribution in [-0.4, -0.2) is 23.5 Å². The van der Waals surface area contributed by atoms with E-state index in [-0.39, 0.29) is 23.7 Å². The zero-order valence-electron chi connectivity index (χ0n) is 12.7. The number of amides is 1. The number of carboxylic acid groups (broad SMARTS) is 1. The molecule has 4 heteroatoms. The quantitative estimate of drug-likeness (QED) is 0.811. The Kier molecular flexibility index (Phi) is 4.66. The molecule has 21 heavy (non-hydrogen) atoms. The minimum Gasteiger partial charge on any atom is -0.481 e. The highest BCUT2D eigenvalue weighted by Crippen LogP contribution is 2.35. The van der Waals surface area contributed by atoms with Crippen LogP contribution in [0.4, 0.5) is 0 Å². The molecule has 1 unspecified atom stereocenters. The van der Waals surface area contributed by atoms with Gasteiger partial charge in [0.1, 0.15) is 0 Å². The molecule has 2 N–H and O–H groups in total. The first-order valence-corrected chi connectivity index (χ1v) is 7.46. The fraction of sp³-hybridized carbons (Fsp3) is 0.529. The molecular weight excluding hydrogens is 266 g/mol. The van der Waals surface area contributed by atoms with Crippen LogP contribution in [0.5, 0.6) is 0 Å². The summed E-state index contributed by atoms with van der Waals surface area (Å²) in [7, 11) is 0. The van der Waals surface area contributed by atoms with Gasteiger partial charge in [0.05, 0.1) is 5.92 Å². The van der Waals surface area contributed by atoms with Gasteiger partial charge in [-0.25, -0.2) is 0 Å². The molecule has 0 fully saturated rings. The Balaban J connectivity index is 1.74. The molecule has 4 nitrogen and oxygen atoms in total. The van der Waals surface area contributed by atoms with Crippen LogP contribution < -0.4 is 5.32 Å². The maximum absolute atomic E-state index is 12.1. The summed E-state index contributed by atoms with van der Waals surface area (Å²) in [6.07, 6.45) is 2.42. The van der Waals surface area contributed by atoms with E-state index < -0.39 is 5.97 Å². The highest BCUT2D eigenvalue weighted by molar-refractivity contribution is 5.86. The van der Waals surface area contributed by atoms with E-state index in [9.17, 15) is 9.59 Å². The van der Waals surface area contributed by atoms with Crippen LogP contribution in [0.25, 0.3) is 0 Å². The van der Waals surface area contributed by atoms with Gasteiger partial charge in [0.15, 0.2) is 0 Å². The third-order valence-electron chi connectivity index (χ3n) is 4.29. The topological polar surface area (TPSA) is 66.4 Å². The number of rotatable bonds is 7. The Hall–Kier alpha value is -1.84. The van der Waals surface area contributed by atoms with E-state index in [0.717, 1.165) is 18.4 Å². The van der Waals surface area contributed by atoms with Crippen LogP contribution >= 0.6 is 0 Å². The number of carbonyl (C=O) groups excluding carboxylic acids is 1. The number of aliphatic carboxylic acids is 1. The molecule has 0 radical (unpaired) electrons. The monoisotopic (exact) mass is 289 g/mol. The second kappa shape index (κ2) is 6.29. The Labute approximate surface area is 125 Å². The van der Waals surface area contributed by atoms with Crippen molar-refractivity contribution in [3.8, 4) is 0 Å². The first-order chi connectivity index (χ1) is 9.89. The molecule has 0 bridgehead atoms. The first kappa shape index (κ1) is 15.5. The lowest BCUT2D eigenvalue weighted by Gasteiger charge is -2.30. The Bertz CT molecular complexity index is 537. The second-order valence-electron chi connectivity index (χ2n) is 6.55. The van der Waals surface area contributed by atoms with E-state index in [1.54, 1.807) is 0 Å². The van der Waals surface area contributed by atoms with Gasteiger partial charge in [-0.15, -0.1) is 0 Å². The number of hydrogen-bond donors (Lipinski definition) is 2. The highest BCUT2D eigenvalue weighted by Gasteiger charge is 2.31. The zero-order valence-corrected chi connectivity index (χ0v) is 12.7. The summed E-state index contributed by atoms with van der Waals surface area (Å²) in [5.74, 6) is -0.691. The third kappa shape index (κ3) is 4.06. The van der Waals surface area contributed by atoms with E-state index in [0.29, 0.717) is 13.0 Å². The predicted molar refractivity (Wildman–Crippen MR) is 81.2 cm³/mol. The SMILES string of the molecule is CC(C)(CCNC(=O)C1Cc2ccccc21)CCC(=O)O. The number of carbonyl (C=O) groups is 2. The summed E-state index contributed by atoms with van der Waals surface area (Å²) in [4.78, 5) is 22.7. The Morgan fingerprint density at radius 2 is 2.00 bits per heavy atom. The number of carboxylic acids is 1. The normalized spacial score (nSPS) is 16.8. The molecule has 1 aromatic rings. The average Bonchev–Trinajstić information content (AvgIpc) is 2.38. The molecule has 2 rings (SSSR count). The van der Waals surface area contributed by atoms with Crippen molar-refractivity contribution < 1.29 is 14.7 Å². The molecular formula is C17H23NO3. The van der Waals surface area contributed by atoms with Gasteiger partial charge in [-0.05, 0) is 35.8 Å². The van der Waals surface area contributed by atoms with E-state index in [1.807, 2.05) is 32.0 Å². The molecule has 1 atom stereocenters. The molecule has 0 aliphatic heterocycles. The minimum atomic E-state index is -0.766. The van der Waals surface area contributed by atoms with Gasteiger partial charge < -0.3 is 10.4 Å². The van der Waals surface area contributed by atoms with Crippen molar-refractivity contribution >= 4 is 11.9 Å². The lowest BCUT2D eigenvalue weighted by Crippen LogP contribution is -2.37. The minimum absolute atomic E-state index is 0.0108. The van der Waals surface area contributed by atoms with Crippen molar-refractivity contribution in [3.05, 3.63) is 35.4 Å². The summed E-state index contributed by atoms with van der Waals surface area (Å²) >= 11 is 0. The number of nitrogens with one attached hydrogen (secondary N) is 1. The van der Waals surface area contributed by atoms with Gasteiger partial charge in [-0.2, -0.15) is 0 Å². The molecule has 0 saturated carbocycles. The lowest BCUT2D eigenvalue weighted by atomic mass is 9.77. The van der Waals surface area contributed by atoms with Crippen molar-refractivity contribution in [2.24, 2.45) is 5.41 Å². The summed E-state index contributed by atoms with van der Waals surface area (Å²) in [5, 5.41) is 11.7. The van der Waals surface area contributed by atoms with E-state index in [1.165, 1.54) is 5.56 Å². The predicted octanol–water partition coefficient (Wildman–Crippen LogP) is 2.72. The first-order valence-electron chi connectivity index (χ1n) is 7.46. The molecule has 0 heterocycles. The van der Waals surface area contributed by atoms with Gasteiger partial charge >= 0.3 is 5.97 Å². The van der Waals surface area contributed by atoms with Crippen LogP contribution in [0.3, 0.4) is 0 Å². The molecule has 1 aliphatic carbocycles. The smallest absolute Gasteiger partial charge is 0.303 e. The lowest BCUT2D eigenvalue weighted by molar-refractivity contribution is -0.137. The third-order valence-corrected chi connectivity index (χ3v) is 4.29. The molecule has 114 valence electrons. The van der Waals surface area contributed by atoms with Crippen molar-refractivity contribution in [2.45, 2.75) is 45.4 Å². The largest absolute Gasteiger partial charge is 0.481 e. The summed E-state index contributed by atoms with van der Waals surface area (Å²) in [6.45, 7) is 4.69. The second-order valence-corrected chi connectivity index (χ2v) is 6.55. The van der Waals surface area contributed by atoms with Crippen molar-refractivity contribution in [1.29, 1.82) is 0 Å². The van der Waals surface area contributed by atoms with Crippen LogP contribution in [-0.2, 0) is 16.0 Å². The van der Waals surface area contributed by atoms with Gasteiger partial charge in [0.25, 0.3) is 0 Å². The highest BCUT2D eigenvalue weighted by atomic mass is 16.4. The molecule has 1 aliphatic rings. The maximum Gasteiger partial charge on any atom is 0.303 e. The van der Waals surface area contributed by atoms with Crippen molar-refractivity contribution in [2.75, 3.05) is 6.54 Å².